The fourth-order valence-corrected chi connectivity index (χ4v) is 2.94. The van der Waals surface area contributed by atoms with Crippen LogP contribution in [0.15, 0.2) is 77.3 Å². The molecule has 7 heteroatoms. The molecule has 4 aromatic rings. The molecule has 0 saturated heterocycles. The van der Waals surface area contributed by atoms with Crippen LogP contribution in [0.1, 0.15) is 27.4 Å². The Morgan fingerprint density at radius 3 is 2.73 bits per heavy atom. The average molecular weight is 405 g/mol. The smallest absolute Gasteiger partial charge is 0.292 e. The Hall–Kier alpha value is -3.87. The standard InChI is InChI=1S/C23H20FN3O3/c1-16-6-2-5-9-20(16)29-15-18-10-11-21(30-18)23(28)25-22-12-13-27(26-22)14-17-7-3-4-8-19(17)24/h2-13H,14-15H2,1H3,(H,25,26,28). The van der Waals surface area contributed by atoms with Gasteiger partial charge in [0, 0.05) is 17.8 Å². The van der Waals surface area contributed by atoms with Crippen molar-refractivity contribution in [3.8, 4) is 5.75 Å². The number of rotatable bonds is 7. The van der Waals surface area contributed by atoms with Gasteiger partial charge in [-0.2, -0.15) is 5.10 Å². The number of carbonyl (C=O) groups excluding carboxylic acids is 1. The lowest BCUT2D eigenvalue weighted by Crippen LogP contribution is -2.12. The third kappa shape index (κ3) is 4.57. The van der Waals surface area contributed by atoms with Gasteiger partial charge in [-0.3, -0.25) is 9.48 Å². The molecule has 0 bridgehead atoms. The van der Waals surface area contributed by atoms with Crippen molar-refractivity contribution in [1.29, 1.82) is 0 Å². The van der Waals surface area contributed by atoms with Crippen LogP contribution >= 0.6 is 0 Å². The van der Waals surface area contributed by atoms with Crippen LogP contribution in [0.5, 0.6) is 5.75 Å². The van der Waals surface area contributed by atoms with Gasteiger partial charge in [0.1, 0.15) is 23.9 Å². The monoisotopic (exact) mass is 405 g/mol. The Bertz CT molecular complexity index is 1170. The normalized spacial score (nSPS) is 10.7. The molecule has 0 radical (unpaired) electrons. The maximum absolute atomic E-state index is 13.8. The molecule has 4 rings (SSSR count). The molecule has 0 saturated carbocycles. The Labute approximate surface area is 172 Å². The zero-order chi connectivity index (χ0) is 20.9. The molecule has 2 aromatic heterocycles. The fraction of sp³-hybridized carbons (Fsp3) is 0.130. The van der Waals surface area contributed by atoms with E-state index in [9.17, 15) is 9.18 Å². The summed E-state index contributed by atoms with van der Waals surface area (Å²) >= 11 is 0. The van der Waals surface area contributed by atoms with Crippen molar-refractivity contribution in [3.63, 3.8) is 0 Å². The van der Waals surface area contributed by atoms with Crippen molar-refractivity contribution in [3.05, 3.63) is 101 Å². The quantitative estimate of drug-likeness (QED) is 0.479. The number of hydrogen-bond acceptors (Lipinski definition) is 4. The first-order valence-electron chi connectivity index (χ1n) is 9.44. The molecule has 2 aromatic carbocycles. The number of para-hydroxylation sites is 1. The van der Waals surface area contributed by atoms with E-state index in [0.29, 0.717) is 17.1 Å². The summed E-state index contributed by atoms with van der Waals surface area (Å²) in [5.74, 6) is 1.09. The zero-order valence-electron chi connectivity index (χ0n) is 16.3. The molecule has 6 nitrogen and oxygen atoms in total. The number of halogens is 1. The van der Waals surface area contributed by atoms with Gasteiger partial charge < -0.3 is 14.5 Å². The number of carbonyl (C=O) groups is 1. The Balaban J connectivity index is 1.35. The highest BCUT2D eigenvalue weighted by atomic mass is 19.1. The summed E-state index contributed by atoms with van der Waals surface area (Å²) in [6.45, 7) is 2.45. The minimum atomic E-state index is -0.423. The van der Waals surface area contributed by atoms with Crippen LogP contribution in [-0.4, -0.2) is 15.7 Å². The molecule has 2 heterocycles. The molecule has 152 valence electrons. The fourth-order valence-electron chi connectivity index (χ4n) is 2.94. The third-order valence-corrected chi connectivity index (χ3v) is 4.52. The number of ether oxygens (including phenoxy) is 1. The number of anilines is 1. The molecule has 0 aliphatic rings. The topological polar surface area (TPSA) is 69.3 Å². The van der Waals surface area contributed by atoms with Crippen LogP contribution in [0.2, 0.25) is 0 Å². The molecule has 0 aliphatic carbocycles. The van der Waals surface area contributed by atoms with Crippen LogP contribution in [-0.2, 0) is 13.2 Å². The highest BCUT2D eigenvalue weighted by molar-refractivity contribution is 6.01. The Morgan fingerprint density at radius 1 is 1.10 bits per heavy atom. The summed E-state index contributed by atoms with van der Waals surface area (Å²) in [7, 11) is 0. The van der Waals surface area contributed by atoms with E-state index in [0.717, 1.165) is 11.3 Å². The largest absolute Gasteiger partial charge is 0.485 e. The summed E-state index contributed by atoms with van der Waals surface area (Å²) in [5, 5.41) is 6.93. The molecular formula is C23H20FN3O3. The molecule has 0 aliphatic heterocycles. The van der Waals surface area contributed by atoms with Crippen molar-refractivity contribution in [2.75, 3.05) is 5.32 Å². The number of amides is 1. The van der Waals surface area contributed by atoms with Gasteiger partial charge in [0.2, 0.25) is 0 Å². The number of nitrogens with zero attached hydrogens (tertiary/aromatic N) is 2. The summed E-state index contributed by atoms with van der Waals surface area (Å²) in [5.41, 5.74) is 1.54. The average Bonchev–Trinajstić information content (AvgIpc) is 3.39. The van der Waals surface area contributed by atoms with Gasteiger partial charge in [-0.15, -0.1) is 0 Å². The van der Waals surface area contributed by atoms with E-state index in [-0.39, 0.29) is 24.7 Å². The van der Waals surface area contributed by atoms with Crippen molar-refractivity contribution < 1.29 is 18.3 Å². The van der Waals surface area contributed by atoms with Crippen molar-refractivity contribution in [2.24, 2.45) is 0 Å². The molecule has 1 amide bonds. The van der Waals surface area contributed by atoms with Gasteiger partial charge in [0.15, 0.2) is 11.6 Å². The number of benzene rings is 2. The second-order valence-electron chi connectivity index (χ2n) is 6.76. The molecule has 0 spiro atoms. The highest BCUT2D eigenvalue weighted by Gasteiger charge is 2.14. The highest BCUT2D eigenvalue weighted by Crippen LogP contribution is 2.19. The lowest BCUT2D eigenvalue weighted by Gasteiger charge is -2.06. The maximum atomic E-state index is 13.8. The van der Waals surface area contributed by atoms with E-state index >= 15 is 0 Å². The predicted molar refractivity (Wildman–Crippen MR) is 110 cm³/mol. The van der Waals surface area contributed by atoms with Crippen LogP contribution in [0.4, 0.5) is 10.2 Å². The van der Waals surface area contributed by atoms with Crippen molar-refractivity contribution >= 4 is 11.7 Å². The van der Waals surface area contributed by atoms with Gasteiger partial charge in [0.25, 0.3) is 5.91 Å². The number of hydrogen-bond donors (Lipinski definition) is 1. The molecule has 0 fully saturated rings. The summed E-state index contributed by atoms with van der Waals surface area (Å²) < 4.78 is 26.6. The van der Waals surface area contributed by atoms with Crippen LogP contribution < -0.4 is 10.1 Å². The van der Waals surface area contributed by atoms with E-state index in [4.69, 9.17) is 9.15 Å². The predicted octanol–water partition coefficient (Wildman–Crippen LogP) is 4.80. The van der Waals surface area contributed by atoms with Gasteiger partial charge in [-0.1, -0.05) is 36.4 Å². The lowest BCUT2D eigenvalue weighted by atomic mass is 10.2. The first-order valence-corrected chi connectivity index (χ1v) is 9.44. The van der Waals surface area contributed by atoms with Crippen molar-refractivity contribution in [2.45, 2.75) is 20.1 Å². The van der Waals surface area contributed by atoms with Crippen molar-refractivity contribution in [1.82, 2.24) is 9.78 Å². The first kappa shape index (κ1) is 19.4. The minimum Gasteiger partial charge on any atom is -0.485 e. The number of aromatic nitrogens is 2. The molecule has 1 N–H and O–H groups in total. The van der Waals surface area contributed by atoms with E-state index in [1.807, 2.05) is 31.2 Å². The Kier molecular flexibility index (Phi) is 5.61. The van der Waals surface area contributed by atoms with E-state index in [2.05, 4.69) is 10.4 Å². The lowest BCUT2D eigenvalue weighted by molar-refractivity contribution is 0.0992. The van der Waals surface area contributed by atoms with E-state index in [1.54, 1.807) is 47.3 Å². The van der Waals surface area contributed by atoms with Crippen LogP contribution in [0.3, 0.4) is 0 Å². The first-order chi connectivity index (χ1) is 14.6. The van der Waals surface area contributed by atoms with Gasteiger partial charge >= 0.3 is 0 Å². The van der Waals surface area contributed by atoms with E-state index < -0.39 is 5.91 Å². The summed E-state index contributed by atoms with van der Waals surface area (Å²) in [6.07, 6.45) is 1.67. The second-order valence-corrected chi connectivity index (χ2v) is 6.76. The maximum Gasteiger partial charge on any atom is 0.292 e. The number of furan rings is 1. The molecule has 30 heavy (non-hydrogen) atoms. The minimum absolute atomic E-state index is 0.155. The van der Waals surface area contributed by atoms with Gasteiger partial charge in [0.05, 0.1) is 6.54 Å². The number of nitrogens with one attached hydrogen (secondary N) is 1. The molecule has 0 unspecified atom stereocenters. The zero-order valence-corrected chi connectivity index (χ0v) is 16.3. The second kappa shape index (κ2) is 8.65. The molecular weight excluding hydrogens is 385 g/mol. The van der Waals surface area contributed by atoms with Crippen LogP contribution in [0.25, 0.3) is 0 Å². The van der Waals surface area contributed by atoms with Crippen LogP contribution in [0, 0.1) is 12.7 Å². The Morgan fingerprint density at radius 2 is 1.90 bits per heavy atom. The van der Waals surface area contributed by atoms with Gasteiger partial charge in [-0.05, 0) is 36.8 Å². The van der Waals surface area contributed by atoms with E-state index in [1.165, 1.54) is 6.07 Å². The number of aryl methyl sites for hydroxylation is 1. The SMILES string of the molecule is Cc1ccccc1OCc1ccc(C(=O)Nc2ccn(Cc3ccccc3F)n2)o1. The third-order valence-electron chi connectivity index (χ3n) is 4.52. The summed E-state index contributed by atoms with van der Waals surface area (Å²) in [6, 6.07) is 19.1. The van der Waals surface area contributed by atoms with Gasteiger partial charge in [-0.25, -0.2) is 4.39 Å². The summed E-state index contributed by atoms with van der Waals surface area (Å²) in [4.78, 5) is 12.4. The molecule has 0 atom stereocenters.